The van der Waals surface area contributed by atoms with E-state index in [-0.39, 0.29) is 0 Å². The van der Waals surface area contributed by atoms with Crippen molar-refractivity contribution in [2.45, 2.75) is 12.7 Å². The van der Waals surface area contributed by atoms with Crippen LogP contribution in [0.1, 0.15) is 12.5 Å². The Morgan fingerprint density at radius 3 is 2.71 bits per heavy atom. The van der Waals surface area contributed by atoms with Crippen LogP contribution in [0.3, 0.4) is 0 Å². The van der Waals surface area contributed by atoms with E-state index in [0.29, 0.717) is 11.7 Å². The Hall–Kier alpha value is -1.43. The summed E-state index contributed by atoms with van der Waals surface area (Å²) in [5.41, 5.74) is 2.19. The molecule has 0 saturated carbocycles. The van der Waals surface area contributed by atoms with Gasteiger partial charge in [-0.1, -0.05) is 23.7 Å². The van der Waals surface area contributed by atoms with Gasteiger partial charge in [-0.15, -0.1) is 0 Å². The van der Waals surface area contributed by atoms with Crippen molar-refractivity contribution in [1.82, 2.24) is 5.32 Å². The first kappa shape index (κ1) is 18.9. The fourth-order valence-electron chi connectivity index (χ4n) is 2.03. The van der Waals surface area contributed by atoms with E-state index in [9.17, 15) is 0 Å². The summed E-state index contributed by atoms with van der Waals surface area (Å²) in [6, 6.07) is 15.7. The summed E-state index contributed by atoms with van der Waals surface area (Å²) in [5.74, 6) is 2.78. The molecule has 0 radical (unpaired) electrons. The molecule has 0 atom stereocenters. The maximum atomic E-state index is 5.98. The molecule has 0 unspecified atom stereocenters. The fraction of sp³-hybridized carbons (Fsp3) is 0.278. The molecule has 3 nitrogen and oxygen atoms in total. The molecule has 24 heavy (non-hydrogen) atoms. The predicted octanol–water partition coefficient (Wildman–Crippen LogP) is 4.96. The van der Waals surface area contributed by atoms with Crippen molar-refractivity contribution in [2.24, 2.45) is 0 Å². The fourth-order valence-corrected chi connectivity index (χ4v) is 3.27. The standard InChI is InChI=1S/C18H21ClN2OS2/c1-2-22-17-8-6-16(7-9-17)21-18(23)20-10-11-24-13-14-4-3-5-15(19)12-14/h3-9,12H,2,10-11,13H2,1H3,(H2,20,21,23). The molecular formula is C18H21ClN2OS2. The average molecular weight is 381 g/mol. The molecule has 0 aliphatic carbocycles. The van der Waals surface area contributed by atoms with Gasteiger partial charge in [0.05, 0.1) is 6.61 Å². The highest BCUT2D eigenvalue weighted by Crippen LogP contribution is 2.17. The quantitative estimate of drug-likeness (QED) is 0.499. The number of rotatable bonds is 8. The molecule has 0 amide bonds. The summed E-state index contributed by atoms with van der Waals surface area (Å²) in [5, 5.41) is 7.79. The van der Waals surface area contributed by atoms with E-state index < -0.39 is 0 Å². The molecule has 0 aliphatic heterocycles. The Bertz CT molecular complexity index is 650. The normalized spacial score (nSPS) is 10.2. The van der Waals surface area contributed by atoms with Gasteiger partial charge in [-0.05, 0) is 61.1 Å². The third-order valence-corrected chi connectivity index (χ3v) is 4.62. The molecule has 0 heterocycles. The number of anilines is 1. The Kier molecular flexibility index (Phi) is 8.22. The molecule has 6 heteroatoms. The van der Waals surface area contributed by atoms with Gasteiger partial charge in [0.2, 0.25) is 0 Å². The zero-order chi connectivity index (χ0) is 17.2. The lowest BCUT2D eigenvalue weighted by Crippen LogP contribution is -2.30. The van der Waals surface area contributed by atoms with Crippen LogP contribution in [0.5, 0.6) is 5.75 Å². The van der Waals surface area contributed by atoms with Crippen LogP contribution in [0.2, 0.25) is 5.02 Å². The maximum absolute atomic E-state index is 5.98. The molecule has 0 spiro atoms. The highest BCUT2D eigenvalue weighted by Gasteiger charge is 1.99. The Morgan fingerprint density at radius 2 is 2.00 bits per heavy atom. The number of hydrogen-bond donors (Lipinski definition) is 2. The summed E-state index contributed by atoms with van der Waals surface area (Å²) in [6.45, 7) is 3.45. The second-order valence-corrected chi connectivity index (χ2v) is 6.97. The minimum absolute atomic E-state index is 0.627. The van der Waals surface area contributed by atoms with E-state index in [2.05, 4.69) is 16.7 Å². The van der Waals surface area contributed by atoms with Gasteiger partial charge >= 0.3 is 0 Å². The smallest absolute Gasteiger partial charge is 0.170 e. The number of halogens is 1. The van der Waals surface area contributed by atoms with Gasteiger partial charge in [-0.3, -0.25) is 0 Å². The molecule has 2 aromatic carbocycles. The molecule has 2 N–H and O–H groups in total. The Morgan fingerprint density at radius 1 is 1.21 bits per heavy atom. The summed E-state index contributed by atoms with van der Waals surface area (Å²) in [6.07, 6.45) is 0. The zero-order valence-electron chi connectivity index (χ0n) is 13.5. The van der Waals surface area contributed by atoms with E-state index in [1.165, 1.54) is 5.56 Å². The van der Waals surface area contributed by atoms with Crippen LogP contribution in [0, 0.1) is 0 Å². The van der Waals surface area contributed by atoms with Crippen LogP contribution in [0.4, 0.5) is 5.69 Å². The van der Waals surface area contributed by atoms with Crippen LogP contribution in [0.25, 0.3) is 0 Å². The largest absolute Gasteiger partial charge is 0.494 e. The third-order valence-electron chi connectivity index (χ3n) is 3.11. The molecule has 2 rings (SSSR count). The third kappa shape index (κ3) is 6.99. The number of thioether (sulfide) groups is 1. The molecule has 2 aromatic rings. The first-order chi connectivity index (χ1) is 11.7. The van der Waals surface area contributed by atoms with E-state index in [1.807, 2.05) is 61.2 Å². The van der Waals surface area contributed by atoms with E-state index >= 15 is 0 Å². The van der Waals surface area contributed by atoms with Crippen molar-refractivity contribution >= 4 is 46.4 Å². The molecular weight excluding hydrogens is 360 g/mol. The van der Waals surface area contributed by atoms with Gasteiger partial charge < -0.3 is 15.4 Å². The van der Waals surface area contributed by atoms with Crippen LogP contribution >= 0.6 is 35.6 Å². The molecule has 0 saturated heterocycles. The Balaban J connectivity index is 1.62. The minimum Gasteiger partial charge on any atom is -0.494 e. The molecule has 0 aromatic heterocycles. The van der Waals surface area contributed by atoms with Gasteiger partial charge in [0.15, 0.2) is 5.11 Å². The second-order valence-electron chi connectivity index (χ2n) is 5.02. The second kappa shape index (κ2) is 10.4. The summed E-state index contributed by atoms with van der Waals surface area (Å²) in [7, 11) is 0. The van der Waals surface area contributed by atoms with Gasteiger partial charge in [0.25, 0.3) is 0 Å². The van der Waals surface area contributed by atoms with E-state index in [4.69, 9.17) is 28.6 Å². The number of nitrogens with one attached hydrogen (secondary N) is 2. The SMILES string of the molecule is CCOc1ccc(NC(=S)NCCSCc2cccc(Cl)c2)cc1. The van der Waals surface area contributed by atoms with Crippen LogP contribution in [-0.4, -0.2) is 24.0 Å². The summed E-state index contributed by atoms with van der Waals surface area (Å²) >= 11 is 13.1. The van der Waals surface area contributed by atoms with Gasteiger partial charge in [0.1, 0.15) is 5.75 Å². The zero-order valence-corrected chi connectivity index (χ0v) is 15.9. The number of ether oxygens (including phenoxy) is 1. The van der Waals surface area contributed by atoms with Crippen molar-refractivity contribution in [1.29, 1.82) is 0 Å². The number of hydrogen-bond acceptors (Lipinski definition) is 3. The van der Waals surface area contributed by atoms with Crippen LogP contribution in [0.15, 0.2) is 48.5 Å². The van der Waals surface area contributed by atoms with Gasteiger partial charge in [-0.2, -0.15) is 11.8 Å². The van der Waals surface area contributed by atoms with Crippen LogP contribution in [-0.2, 0) is 5.75 Å². The average Bonchev–Trinajstić information content (AvgIpc) is 2.57. The molecule has 128 valence electrons. The van der Waals surface area contributed by atoms with Crippen molar-refractivity contribution in [3.63, 3.8) is 0 Å². The lowest BCUT2D eigenvalue weighted by atomic mass is 10.2. The summed E-state index contributed by atoms with van der Waals surface area (Å²) < 4.78 is 5.41. The van der Waals surface area contributed by atoms with Gasteiger partial charge in [0, 0.05) is 28.8 Å². The van der Waals surface area contributed by atoms with Gasteiger partial charge in [-0.25, -0.2) is 0 Å². The number of benzene rings is 2. The van der Waals surface area contributed by atoms with Crippen molar-refractivity contribution in [3.05, 3.63) is 59.1 Å². The predicted molar refractivity (Wildman–Crippen MR) is 109 cm³/mol. The monoisotopic (exact) mass is 380 g/mol. The highest BCUT2D eigenvalue weighted by atomic mass is 35.5. The molecule has 0 aliphatic rings. The molecule has 0 fully saturated rings. The highest BCUT2D eigenvalue weighted by molar-refractivity contribution is 7.98. The van der Waals surface area contributed by atoms with E-state index in [1.54, 1.807) is 0 Å². The van der Waals surface area contributed by atoms with Crippen molar-refractivity contribution < 1.29 is 4.74 Å². The topological polar surface area (TPSA) is 33.3 Å². The number of thiocarbonyl (C=S) groups is 1. The van der Waals surface area contributed by atoms with Crippen molar-refractivity contribution in [2.75, 3.05) is 24.2 Å². The summed E-state index contributed by atoms with van der Waals surface area (Å²) in [4.78, 5) is 0. The first-order valence-electron chi connectivity index (χ1n) is 7.77. The molecule has 0 bridgehead atoms. The maximum Gasteiger partial charge on any atom is 0.170 e. The lowest BCUT2D eigenvalue weighted by molar-refractivity contribution is 0.340. The van der Waals surface area contributed by atoms with E-state index in [0.717, 1.165) is 34.5 Å². The first-order valence-corrected chi connectivity index (χ1v) is 9.71. The lowest BCUT2D eigenvalue weighted by Gasteiger charge is -2.11. The minimum atomic E-state index is 0.627. The van der Waals surface area contributed by atoms with Crippen molar-refractivity contribution in [3.8, 4) is 5.75 Å². The Labute approximate surface area is 158 Å². The van der Waals surface area contributed by atoms with Crippen LogP contribution < -0.4 is 15.4 Å².